The van der Waals surface area contributed by atoms with Gasteiger partial charge in [-0.2, -0.15) is 4.98 Å². The van der Waals surface area contributed by atoms with Crippen LogP contribution in [-0.4, -0.2) is 17.3 Å². The highest BCUT2D eigenvalue weighted by molar-refractivity contribution is 5.22. The van der Waals surface area contributed by atoms with E-state index in [1.807, 2.05) is 44.2 Å². The lowest BCUT2D eigenvalue weighted by atomic mass is 10.1. The Labute approximate surface area is 112 Å². The second-order valence-corrected chi connectivity index (χ2v) is 4.79. The lowest BCUT2D eigenvalue weighted by molar-refractivity contribution is 0.126. The molecule has 1 aromatic carbocycles. The Morgan fingerprint density at radius 2 is 1.89 bits per heavy atom. The largest absolute Gasteiger partial charge is 0.369 e. The summed E-state index contributed by atoms with van der Waals surface area (Å²) in [4.78, 5) is 4.35. The number of ether oxygens (including phenoxy) is 1. The van der Waals surface area contributed by atoms with Crippen LogP contribution in [0, 0.1) is 5.92 Å². The Bertz CT molecular complexity index is 510. The van der Waals surface area contributed by atoms with E-state index in [9.17, 15) is 0 Å². The van der Waals surface area contributed by atoms with E-state index in [1.165, 1.54) is 0 Å². The van der Waals surface area contributed by atoms with Gasteiger partial charge in [0, 0.05) is 7.11 Å². The van der Waals surface area contributed by atoms with E-state index >= 15 is 0 Å². The predicted molar refractivity (Wildman–Crippen MR) is 71.4 cm³/mol. The van der Waals surface area contributed by atoms with Crippen molar-refractivity contribution in [2.45, 2.75) is 26.0 Å². The Hall–Kier alpha value is -1.72. The molecular formula is C14H19N3O2. The van der Waals surface area contributed by atoms with Crippen molar-refractivity contribution in [2.75, 3.05) is 7.11 Å². The average Bonchev–Trinajstić information content (AvgIpc) is 2.89. The van der Waals surface area contributed by atoms with Crippen molar-refractivity contribution in [3.05, 3.63) is 47.6 Å². The smallest absolute Gasteiger partial charge is 0.243 e. The molecular weight excluding hydrogens is 242 g/mol. The maximum absolute atomic E-state index is 5.99. The second-order valence-electron chi connectivity index (χ2n) is 4.79. The van der Waals surface area contributed by atoms with Crippen LogP contribution < -0.4 is 5.73 Å². The number of methoxy groups -OCH3 is 1. The Morgan fingerprint density at radius 3 is 2.47 bits per heavy atom. The van der Waals surface area contributed by atoms with Gasteiger partial charge in [-0.1, -0.05) is 49.3 Å². The van der Waals surface area contributed by atoms with E-state index in [4.69, 9.17) is 15.0 Å². The number of nitrogens with zero attached hydrogens (tertiary/aromatic N) is 2. The monoisotopic (exact) mass is 261 g/mol. The van der Waals surface area contributed by atoms with E-state index in [1.54, 1.807) is 7.11 Å². The molecule has 0 aliphatic carbocycles. The predicted octanol–water partition coefficient (Wildman–Crippen LogP) is 2.46. The number of rotatable bonds is 5. The van der Waals surface area contributed by atoms with Crippen LogP contribution >= 0.6 is 0 Å². The molecule has 1 heterocycles. The highest BCUT2D eigenvalue weighted by Crippen LogP contribution is 2.25. The van der Waals surface area contributed by atoms with Crippen molar-refractivity contribution in [1.29, 1.82) is 0 Å². The fraction of sp³-hybridized carbons (Fsp3) is 0.429. The highest BCUT2D eigenvalue weighted by Gasteiger charge is 2.23. The molecule has 1 aromatic heterocycles. The number of hydrogen-bond acceptors (Lipinski definition) is 5. The standard InChI is InChI=1S/C14H19N3O2/c1-9(2)11(15)14-16-13(17-19-14)12(18-3)10-7-5-4-6-8-10/h4-9,11-12H,15H2,1-3H3/t11-,12?/m1/s1. The van der Waals surface area contributed by atoms with Gasteiger partial charge in [0.1, 0.15) is 6.10 Å². The van der Waals surface area contributed by atoms with Gasteiger partial charge in [0.2, 0.25) is 11.7 Å². The summed E-state index contributed by atoms with van der Waals surface area (Å²) in [6.07, 6.45) is -0.335. The molecule has 0 spiro atoms. The first-order valence-corrected chi connectivity index (χ1v) is 6.30. The summed E-state index contributed by atoms with van der Waals surface area (Å²) >= 11 is 0. The maximum atomic E-state index is 5.99. The third-order valence-corrected chi connectivity index (χ3v) is 3.03. The number of nitrogens with two attached hydrogens (primary N) is 1. The van der Waals surface area contributed by atoms with Crippen molar-refractivity contribution >= 4 is 0 Å². The molecule has 0 aliphatic rings. The first-order chi connectivity index (χ1) is 9.13. The van der Waals surface area contributed by atoms with Gasteiger partial charge in [0.05, 0.1) is 6.04 Å². The minimum Gasteiger partial charge on any atom is -0.369 e. The molecule has 2 aromatic rings. The lowest BCUT2D eigenvalue weighted by Crippen LogP contribution is -2.17. The van der Waals surface area contributed by atoms with E-state index in [2.05, 4.69) is 10.1 Å². The molecule has 0 saturated heterocycles. The van der Waals surface area contributed by atoms with Gasteiger partial charge in [0.25, 0.3) is 0 Å². The van der Waals surface area contributed by atoms with Crippen molar-refractivity contribution in [3.8, 4) is 0 Å². The Balaban J connectivity index is 2.26. The normalized spacial score (nSPS) is 14.6. The summed E-state index contributed by atoms with van der Waals surface area (Å²) in [5.41, 5.74) is 6.98. The van der Waals surface area contributed by atoms with E-state index in [0.29, 0.717) is 11.7 Å². The van der Waals surface area contributed by atoms with Gasteiger partial charge in [-0.25, -0.2) is 0 Å². The molecule has 0 bridgehead atoms. The third-order valence-electron chi connectivity index (χ3n) is 3.03. The second kappa shape index (κ2) is 5.95. The Morgan fingerprint density at radius 1 is 1.21 bits per heavy atom. The van der Waals surface area contributed by atoms with Crippen LogP contribution in [0.15, 0.2) is 34.9 Å². The molecule has 2 N–H and O–H groups in total. The van der Waals surface area contributed by atoms with Crippen LogP contribution in [0.3, 0.4) is 0 Å². The van der Waals surface area contributed by atoms with Gasteiger partial charge in [-0.05, 0) is 11.5 Å². The van der Waals surface area contributed by atoms with E-state index in [0.717, 1.165) is 5.56 Å². The van der Waals surface area contributed by atoms with Crippen molar-refractivity contribution in [2.24, 2.45) is 11.7 Å². The Kier molecular flexibility index (Phi) is 4.29. The minimum atomic E-state index is -0.335. The number of hydrogen-bond donors (Lipinski definition) is 1. The SMILES string of the molecule is COC(c1ccccc1)c1noc([C@H](N)C(C)C)n1. The molecule has 0 amide bonds. The minimum absolute atomic E-state index is 0.242. The fourth-order valence-corrected chi connectivity index (χ4v) is 1.79. The molecule has 0 saturated carbocycles. The van der Waals surface area contributed by atoms with Crippen LogP contribution in [-0.2, 0) is 4.74 Å². The summed E-state index contributed by atoms with van der Waals surface area (Å²) in [6.45, 7) is 4.03. The zero-order valence-electron chi connectivity index (χ0n) is 11.4. The maximum Gasteiger partial charge on any atom is 0.243 e. The molecule has 5 heteroatoms. The third kappa shape index (κ3) is 3.00. The number of benzene rings is 1. The molecule has 19 heavy (non-hydrogen) atoms. The quantitative estimate of drug-likeness (QED) is 0.894. The van der Waals surface area contributed by atoms with Crippen LogP contribution in [0.4, 0.5) is 0 Å². The van der Waals surface area contributed by atoms with Crippen molar-refractivity contribution < 1.29 is 9.26 Å². The van der Waals surface area contributed by atoms with Gasteiger partial charge < -0.3 is 15.0 Å². The average molecular weight is 261 g/mol. The van der Waals surface area contributed by atoms with Gasteiger partial charge in [0.15, 0.2) is 0 Å². The summed E-state index contributed by atoms with van der Waals surface area (Å²) in [6, 6.07) is 9.52. The van der Waals surface area contributed by atoms with Crippen molar-refractivity contribution in [3.63, 3.8) is 0 Å². The summed E-state index contributed by atoms with van der Waals surface area (Å²) in [5.74, 6) is 1.19. The molecule has 2 rings (SSSR count). The first-order valence-electron chi connectivity index (χ1n) is 6.30. The lowest BCUT2D eigenvalue weighted by Gasteiger charge is -2.11. The van der Waals surface area contributed by atoms with Crippen molar-refractivity contribution in [1.82, 2.24) is 10.1 Å². The molecule has 0 radical (unpaired) electrons. The summed E-state index contributed by atoms with van der Waals surface area (Å²) < 4.78 is 10.7. The zero-order chi connectivity index (χ0) is 13.8. The van der Waals surface area contributed by atoms with Crippen LogP contribution in [0.2, 0.25) is 0 Å². The first kappa shape index (κ1) is 13.7. The molecule has 0 aliphatic heterocycles. The topological polar surface area (TPSA) is 74.2 Å². The molecule has 0 fully saturated rings. The molecule has 102 valence electrons. The van der Waals surface area contributed by atoms with Crippen LogP contribution in [0.5, 0.6) is 0 Å². The van der Waals surface area contributed by atoms with E-state index < -0.39 is 0 Å². The van der Waals surface area contributed by atoms with Gasteiger partial charge >= 0.3 is 0 Å². The zero-order valence-corrected chi connectivity index (χ0v) is 11.4. The van der Waals surface area contributed by atoms with E-state index in [-0.39, 0.29) is 18.1 Å². The van der Waals surface area contributed by atoms with Gasteiger partial charge in [-0.3, -0.25) is 0 Å². The highest BCUT2D eigenvalue weighted by atomic mass is 16.5. The molecule has 5 nitrogen and oxygen atoms in total. The van der Waals surface area contributed by atoms with Crippen LogP contribution in [0.1, 0.15) is 43.3 Å². The van der Waals surface area contributed by atoms with Crippen LogP contribution in [0.25, 0.3) is 0 Å². The fourth-order valence-electron chi connectivity index (χ4n) is 1.79. The number of aromatic nitrogens is 2. The molecule has 1 unspecified atom stereocenters. The summed E-state index contributed by atoms with van der Waals surface area (Å²) in [7, 11) is 1.62. The molecule has 2 atom stereocenters. The summed E-state index contributed by atoms with van der Waals surface area (Å²) in [5, 5.41) is 3.98. The van der Waals surface area contributed by atoms with Gasteiger partial charge in [-0.15, -0.1) is 0 Å².